The van der Waals surface area contributed by atoms with Crippen LogP contribution in [0.5, 0.6) is 0 Å². The molecule has 0 bridgehead atoms. The molecule has 0 unspecified atom stereocenters. The molecule has 0 aliphatic heterocycles. The predicted molar refractivity (Wildman–Crippen MR) is 204 cm³/mol. The van der Waals surface area contributed by atoms with Crippen molar-refractivity contribution in [1.82, 2.24) is 34.5 Å². The number of fused-ring (bicyclic) bond motifs is 6. The van der Waals surface area contributed by atoms with E-state index in [2.05, 4.69) is 77.4 Å². The first-order valence-corrected chi connectivity index (χ1v) is 16.8. The molecule has 0 N–H and O–H groups in total. The quantitative estimate of drug-likeness (QED) is 0.172. The van der Waals surface area contributed by atoms with Crippen molar-refractivity contribution in [3.8, 4) is 51.0 Å². The molecule has 10 aromatic rings. The van der Waals surface area contributed by atoms with Crippen LogP contribution in [0, 0.1) is 0 Å². The van der Waals surface area contributed by atoms with Gasteiger partial charge in [0.1, 0.15) is 16.9 Å². The first-order chi connectivity index (χ1) is 25.3. The smallest absolute Gasteiger partial charge is 0.180 e. The van der Waals surface area contributed by atoms with Crippen molar-refractivity contribution in [3.63, 3.8) is 0 Å². The molecule has 7 heteroatoms. The van der Waals surface area contributed by atoms with Crippen LogP contribution in [0.3, 0.4) is 0 Å². The molecular formula is C44H27N7. The zero-order chi connectivity index (χ0) is 33.7. The summed E-state index contributed by atoms with van der Waals surface area (Å²) in [5.74, 6) is 1.21. The van der Waals surface area contributed by atoms with Gasteiger partial charge in [0.25, 0.3) is 0 Å². The molecule has 10 rings (SSSR count). The minimum Gasteiger partial charge on any atom is -0.277 e. The highest BCUT2D eigenvalue weighted by molar-refractivity contribution is 6.11. The van der Waals surface area contributed by atoms with Crippen molar-refractivity contribution in [2.75, 3.05) is 0 Å². The molecular weight excluding hydrogens is 627 g/mol. The number of benzene rings is 4. The van der Waals surface area contributed by atoms with E-state index in [0.29, 0.717) is 17.3 Å². The Morgan fingerprint density at radius 1 is 0.392 bits per heavy atom. The van der Waals surface area contributed by atoms with E-state index >= 15 is 0 Å². The highest BCUT2D eigenvalue weighted by atomic mass is 15.1. The topological polar surface area (TPSA) is 82.3 Å². The van der Waals surface area contributed by atoms with E-state index in [0.717, 1.165) is 77.4 Å². The number of rotatable bonds is 5. The summed E-state index contributed by atoms with van der Waals surface area (Å²) in [4.78, 5) is 30.2. The SMILES string of the molecule is c1ccc(-c2ccnc(-c3ccc4ccc5c(-n6c7ccccc7c7cccnc76)nc(-c6cc(-c7ccccc7)ccn6)nc5c4n3)c2)cc1. The highest BCUT2D eigenvalue weighted by Gasteiger charge is 2.21. The molecule has 6 aromatic heterocycles. The van der Waals surface area contributed by atoms with Crippen LogP contribution >= 0.6 is 0 Å². The van der Waals surface area contributed by atoms with Crippen molar-refractivity contribution in [1.29, 1.82) is 0 Å². The number of pyridine rings is 4. The Morgan fingerprint density at radius 2 is 1.06 bits per heavy atom. The lowest BCUT2D eigenvalue weighted by atomic mass is 10.0. The highest BCUT2D eigenvalue weighted by Crippen LogP contribution is 2.36. The van der Waals surface area contributed by atoms with Crippen LogP contribution in [0.25, 0.3) is 94.7 Å². The van der Waals surface area contributed by atoms with Gasteiger partial charge in [-0.05, 0) is 76.9 Å². The Morgan fingerprint density at radius 3 is 1.84 bits per heavy atom. The summed E-state index contributed by atoms with van der Waals surface area (Å²) in [7, 11) is 0. The van der Waals surface area contributed by atoms with E-state index in [9.17, 15) is 0 Å². The molecule has 238 valence electrons. The molecule has 0 radical (unpaired) electrons. The van der Waals surface area contributed by atoms with Crippen molar-refractivity contribution >= 4 is 43.7 Å². The molecule has 0 amide bonds. The number of hydrogen-bond donors (Lipinski definition) is 0. The van der Waals surface area contributed by atoms with Gasteiger partial charge in [0.2, 0.25) is 0 Å². The third-order valence-corrected chi connectivity index (χ3v) is 9.38. The maximum atomic E-state index is 5.29. The molecule has 0 spiro atoms. The van der Waals surface area contributed by atoms with Crippen molar-refractivity contribution in [2.24, 2.45) is 0 Å². The molecule has 0 saturated carbocycles. The first kappa shape index (κ1) is 28.9. The van der Waals surface area contributed by atoms with Gasteiger partial charge in [-0.15, -0.1) is 0 Å². The third-order valence-electron chi connectivity index (χ3n) is 9.38. The van der Waals surface area contributed by atoms with E-state index in [1.807, 2.05) is 91.4 Å². The zero-order valence-electron chi connectivity index (χ0n) is 27.2. The molecule has 0 aliphatic carbocycles. The average Bonchev–Trinajstić information content (AvgIpc) is 3.55. The molecule has 0 saturated heterocycles. The average molecular weight is 654 g/mol. The summed E-state index contributed by atoms with van der Waals surface area (Å²) < 4.78 is 2.14. The van der Waals surface area contributed by atoms with Gasteiger partial charge in [-0.2, -0.15) is 0 Å². The lowest BCUT2D eigenvalue weighted by molar-refractivity contribution is 1.05. The van der Waals surface area contributed by atoms with Gasteiger partial charge in [0.15, 0.2) is 11.6 Å². The third kappa shape index (κ3) is 4.90. The van der Waals surface area contributed by atoms with Crippen molar-refractivity contribution < 1.29 is 0 Å². The summed E-state index contributed by atoms with van der Waals surface area (Å²) in [5, 5.41) is 3.97. The van der Waals surface area contributed by atoms with E-state index in [4.69, 9.17) is 29.9 Å². The number of para-hydroxylation sites is 1. The molecule has 51 heavy (non-hydrogen) atoms. The summed E-state index contributed by atoms with van der Waals surface area (Å²) in [6.45, 7) is 0. The van der Waals surface area contributed by atoms with E-state index in [1.54, 1.807) is 0 Å². The fourth-order valence-electron chi connectivity index (χ4n) is 6.94. The fourth-order valence-corrected chi connectivity index (χ4v) is 6.94. The van der Waals surface area contributed by atoms with Gasteiger partial charge in [0.05, 0.1) is 22.4 Å². The van der Waals surface area contributed by atoms with Crippen LogP contribution in [-0.2, 0) is 0 Å². The van der Waals surface area contributed by atoms with E-state index < -0.39 is 0 Å². The van der Waals surface area contributed by atoms with Gasteiger partial charge in [-0.25, -0.2) is 19.9 Å². The Balaban J connectivity index is 1.25. The minimum atomic E-state index is 0.501. The lowest BCUT2D eigenvalue weighted by Gasteiger charge is -2.14. The Kier molecular flexibility index (Phi) is 6.67. The molecule has 0 fully saturated rings. The summed E-state index contributed by atoms with van der Waals surface area (Å²) in [6.07, 6.45) is 5.48. The zero-order valence-corrected chi connectivity index (χ0v) is 27.2. The maximum Gasteiger partial charge on any atom is 0.180 e. The molecule has 6 heterocycles. The van der Waals surface area contributed by atoms with Crippen LogP contribution in [0.2, 0.25) is 0 Å². The van der Waals surface area contributed by atoms with E-state index in [-0.39, 0.29) is 0 Å². The Labute approximate surface area is 292 Å². The van der Waals surface area contributed by atoms with Gasteiger partial charge in [-0.3, -0.25) is 14.5 Å². The predicted octanol–water partition coefficient (Wildman–Crippen LogP) is 10.1. The van der Waals surface area contributed by atoms with E-state index in [1.165, 1.54) is 0 Å². The fraction of sp³-hybridized carbons (Fsp3) is 0. The standard InChI is InChI=1S/C44H27N7/c1-3-10-28(11-4-1)31-21-24-45-37(26-31)36-20-18-30-17-19-35-41(40(30)48-36)49-42(38-27-32(22-25-46-38)29-12-5-2-6-13-29)50-44(35)51-39-16-8-7-14-33(39)34-15-9-23-47-43(34)51/h1-27H. The summed E-state index contributed by atoms with van der Waals surface area (Å²) in [5.41, 5.74) is 9.85. The summed E-state index contributed by atoms with van der Waals surface area (Å²) in [6, 6.07) is 49.5. The second kappa shape index (κ2) is 11.8. The van der Waals surface area contributed by atoms with Crippen LogP contribution < -0.4 is 0 Å². The Bertz CT molecular complexity index is 2870. The molecule has 4 aromatic carbocycles. The van der Waals surface area contributed by atoms with Crippen molar-refractivity contribution in [2.45, 2.75) is 0 Å². The van der Waals surface area contributed by atoms with Gasteiger partial charge < -0.3 is 0 Å². The second-order valence-electron chi connectivity index (χ2n) is 12.4. The Hall–Kier alpha value is -7.12. The van der Waals surface area contributed by atoms with Crippen LogP contribution in [0.15, 0.2) is 164 Å². The maximum absolute atomic E-state index is 5.29. The molecule has 7 nitrogen and oxygen atoms in total. The van der Waals surface area contributed by atoms with Crippen LogP contribution in [0.4, 0.5) is 0 Å². The van der Waals surface area contributed by atoms with Gasteiger partial charge >= 0.3 is 0 Å². The van der Waals surface area contributed by atoms with Gasteiger partial charge in [0, 0.05) is 40.1 Å². The van der Waals surface area contributed by atoms with Gasteiger partial charge in [-0.1, -0.05) is 91.0 Å². The van der Waals surface area contributed by atoms with Crippen molar-refractivity contribution in [3.05, 3.63) is 164 Å². The lowest BCUT2D eigenvalue weighted by Crippen LogP contribution is -2.05. The van der Waals surface area contributed by atoms with Crippen LogP contribution in [0.1, 0.15) is 0 Å². The normalized spacial score (nSPS) is 11.5. The van der Waals surface area contributed by atoms with Crippen LogP contribution in [-0.4, -0.2) is 34.5 Å². The number of hydrogen-bond acceptors (Lipinski definition) is 6. The molecule has 0 atom stereocenters. The summed E-state index contributed by atoms with van der Waals surface area (Å²) >= 11 is 0. The molecule has 0 aliphatic rings. The second-order valence-corrected chi connectivity index (χ2v) is 12.4. The number of aromatic nitrogens is 7. The number of nitrogens with zero attached hydrogens (tertiary/aromatic N) is 7. The largest absolute Gasteiger partial charge is 0.277 e. The minimum absolute atomic E-state index is 0.501. The monoisotopic (exact) mass is 653 g/mol. The first-order valence-electron chi connectivity index (χ1n) is 16.8.